The number of rotatable bonds is 0. The van der Waals surface area contributed by atoms with E-state index in [1.165, 1.54) is 0 Å². The van der Waals surface area contributed by atoms with Crippen molar-refractivity contribution in [3.63, 3.8) is 0 Å². The zero-order chi connectivity index (χ0) is 2.12. The summed E-state index contributed by atoms with van der Waals surface area (Å²) in [6.07, 6.45) is 0. The summed E-state index contributed by atoms with van der Waals surface area (Å²) in [5.41, 5.74) is 0. The Kier molecular flexibility index (Phi) is 10.3. The van der Waals surface area contributed by atoms with Crippen LogP contribution in [-0.4, -0.2) is 13.2 Å². The van der Waals surface area contributed by atoms with Crippen LogP contribution in [0.25, 0.3) is 0 Å². The summed E-state index contributed by atoms with van der Waals surface area (Å²) in [7, 11) is 0. The van der Waals surface area contributed by atoms with E-state index in [1.54, 1.807) is 0 Å². The average molecular weight is 338 g/mol. The Bertz CT molecular complexity index is 14.4. The maximum absolute atomic E-state index is 4.50. The maximum atomic E-state index is 4.50. The molecule has 0 aromatic heterocycles. The molecule has 3 heteroatoms. The monoisotopic (exact) mass is 338 g/mol. The second-order valence-electron chi connectivity index (χ2n) is 0.612. The van der Waals surface area contributed by atoms with Gasteiger partial charge in [-0.1, -0.05) is 0 Å². The van der Waals surface area contributed by atoms with Gasteiger partial charge in [0, 0.05) is 42.8 Å². The molecule has 0 atom stereocenters. The van der Waals surface area contributed by atoms with Crippen LogP contribution in [0.3, 0.4) is 0 Å². The van der Waals surface area contributed by atoms with Crippen LogP contribution >= 0.6 is 0 Å². The molecule has 0 bridgehead atoms. The van der Waals surface area contributed by atoms with Gasteiger partial charge >= 0.3 is 0 Å². The first-order valence-corrected chi connectivity index (χ1v) is 1.08. The molecule has 0 saturated carbocycles. The van der Waals surface area contributed by atoms with Crippen molar-refractivity contribution in [1.82, 2.24) is 0 Å². The van der Waals surface area contributed by atoms with Gasteiger partial charge in [-0.3, -0.25) is 0 Å². The third-order valence-corrected chi connectivity index (χ3v) is 0.204. The number of hydrogen-bond acceptors (Lipinski definition) is 1. The van der Waals surface area contributed by atoms with Crippen molar-refractivity contribution in [2.75, 3.05) is 13.2 Å². The Hall–Kier alpha value is 1.36. The first-order valence-electron chi connectivity index (χ1n) is 1.08. The molecular weight excluding hydrogens is 334 g/mol. The van der Waals surface area contributed by atoms with E-state index in [0.717, 1.165) is 13.2 Å². The minimum absolute atomic E-state index is 0. The SMILES string of the molecule is C1CO1.[Ag].[Re]. The molecule has 0 aromatic carbocycles. The Morgan fingerprint density at radius 1 is 1.20 bits per heavy atom. The molecule has 1 rings (SSSR count). The Labute approximate surface area is 60.6 Å². The van der Waals surface area contributed by atoms with Crippen molar-refractivity contribution in [1.29, 1.82) is 0 Å². The van der Waals surface area contributed by atoms with Crippen molar-refractivity contribution < 1.29 is 47.5 Å². The van der Waals surface area contributed by atoms with E-state index >= 15 is 0 Å². The van der Waals surface area contributed by atoms with E-state index < -0.39 is 0 Å². The van der Waals surface area contributed by atoms with E-state index in [4.69, 9.17) is 0 Å². The van der Waals surface area contributed by atoms with Crippen molar-refractivity contribution in [2.45, 2.75) is 0 Å². The predicted octanol–water partition coefficient (Wildman–Crippen LogP) is 0.0116. The van der Waals surface area contributed by atoms with Crippen LogP contribution in [0, 0.1) is 0 Å². The van der Waals surface area contributed by atoms with Gasteiger partial charge in [0.05, 0.1) is 13.2 Å². The topological polar surface area (TPSA) is 12.5 Å². The van der Waals surface area contributed by atoms with Crippen molar-refractivity contribution in [3.8, 4) is 0 Å². The first-order chi connectivity index (χ1) is 1.50. The van der Waals surface area contributed by atoms with Crippen LogP contribution in [0.4, 0.5) is 0 Å². The predicted molar refractivity (Wildman–Crippen MR) is 10.8 cm³/mol. The number of ether oxygens (including phenoxy) is 1. The van der Waals surface area contributed by atoms with Gasteiger partial charge < -0.3 is 4.74 Å². The summed E-state index contributed by atoms with van der Waals surface area (Å²) < 4.78 is 4.50. The molecular formula is C2H4AgORe. The zero-order valence-electron chi connectivity index (χ0n) is 2.50. The Balaban J connectivity index is 0. The summed E-state index contributed by atoms with van der Waals surface area (Å²) >= 11 is 0. The summed E-state index contributed by atoms with van der Waals surface area (Å²) in [4.78, 5) is 0. The molecule has 1 fully saturated rings. The molecule has 1 heterocycles. The van der Waals surface area contributed by atoms with Crippen LogP contribution in [-0.2, 0) is 47.5 Å². The van der Waals surface area contributed by atoms with Gasteiger partial charge in [-0.05, 0) is 0 Å². The third kappa shape index (κ3) is 10.9. The smallest absolute Gasteiger partial charge is 0.0701 e. The molecule has 1 aliphatic heterocycles. The zero-order valence-corrected chi connectivity index (χ0v) is 6.70. The second kappa shape index (κ2) is 5.36. The van der Waals surface area contributed by atoms with Gasteiger partial charge in [0.15, 0.2) is 0 Å². The van der Waals surface area contributed by atoms with Gasteiger partial charge in [-0.2, -0.15) is 0 Å². The number of epoxide rings is 1. The molecule has 0 spiro atoms. The van der Waals surface area contributed by atoms with Gasteiger partial charge in [0.1, 0.15) is 0 Å². The van der Waals surface area contributed by atoms with Gasteiger partial charge in [-0.15, -0.1) is 0 Å². The standard InChI is InChI=1S/C2H4O.Ag.Re/c1-2-3-1;;/h1-2H2;;. The minimum Gasteiger partial charge on any atom is -0.377 e. The van der Waals surface area contributed by atoms with Crippen LogP contribution < -0.4 is 0 Å². The quantitative estimate of drug-likeness (QED) is 0.448. The van der Waals surface area contributed by atoms with Crippen molar-refractivity contribution >= 4 is 0 Å². The summed E-state index contributed by atoms with van der Waals surface area (Å²) in [6.45, 7) is 2.00. The molecule has 0 aromatic rings. The Morgan fingerprint density at radius 2 is 1.40 bits per heavy atom. The van der Waals surface area contributed by atoms with E-state index in [9.17, 15) is 0 Å². The fourth-order valence-corrected chi connectivity index (χ4v) is 0. The van der Waals surface area contributed by atoms with Crippen molar-refractivity contribution in [3.05, 3.63) is 0 Å². The van der Waals surface area contributed by atoms with Crippen LogP contribution in [0.1, 0.15) is 0 Å². The van der Waals surface area contributed by atoms with Crippen LogP contribution in [0.5, 0.6) is 0 Å². The molecule has 2 radical (unpaired) electrons. The average Bonchev–Trinajstić information content (AvgIpc) is 1.46. The molecule has 5 heavy (non-hydrogen) atoms. The molecule has 1 nitrogen and oxygen atoms in total. The van der Waals surface area contributed by atoms with E-state index in [2.05, 4.69) is 4.74 Å². The normalized spacial score (nSPS) is 14.4. The van der Waals surface area contributed by atoms with Crippen LogP contribution in [0.2, 0.25) is 0 Å². The molecule has 0 aliphatic carbocycles. The van der Waals surface area contributed by atoms with E-state index in [0.29, 0.717) is 0 Å². The number of hydrogen-bond donors (Lipinski definition) is 0. The Morgan fingerprint density at radius 3 is 1.40 bits per heavy atom. The molecule has 0 amide bonds. The van der Waals surface area contributed by atoms with Crippen molar-refractivity contribution in [2.24, 2.45) is 0 Å². The minimum atomic E-state index is 0. The van der Waals surface area contributed by atoms with Gasteiger partial charge in [-0.25, -0.2) is 0 Å². The fraction of sp³-hybridized carbons (Fsp3) is 1.00. The second-order valence-corrected chi connectivity index (χ2v) is 0.612. The largest absolute Gasteiger partial charge is 0.377 e. The summed E-state index contributed by atoms with van der Waals surface area (Å²) in [5.74, 6) is 0. The molecule has 1 saturated heterocycles. The molecule has 0 unspecified atom stereocenters. The molecule has 36 valence electrons. The summed E-state index contributed by atoms with van der Waals surface area (Å²) in [5, 5.41) is 0. The van der Waals surface area contributed by atoms with Gasteiger partial charge in [0.2, 0.25) is 0 Å². The fourth-order valence-electron chi connectivity index (χ4n) is 0. The maximum Gasteiger partial charge on any atom is 0.0701 e. The van der Waals surface area contributed by atoms with E-state index in [-0.39, 0.29) is 42.8 Å². The molecule has 0 N–H and O–H groups in total. The van der Waals surface area contributed by atoms with E-state index in [1.807, 2.05) is 0 Å². The first kappa shape index (κ1) is 9.61. The summed E-state index contributed by atoms with van der Waals surface area (Å²) in [6, 6.07) is 0. The van der Waals surface area contributed by atoms with Gasteiger partial charge in [0.25, 0.3) is 0 Å². The van der Waals surface area contributed by atoms with Crippen LogP contribution in [0.15, 0.2) is 0 Å². The third-order valence-electron chi connectivity index (χ3n) is 0.204. The molecule has 1 aliphatic rings.